The number of aliphatic hydroxyl groups is 1. The molecule has 0 spiro atoms. The number of sulfonamides is 1. The second-order valence-corrected chi connectivity index (χ2v) is 5.77. The lowest BCUT2D eigenvalue weighted by atomic mass is 10.2. The minimum Gasteiger partial charge on any atom is -0.480 e. The zero-order valence-corrected chi connectivity index (χ0v) is 11.4. The van der Waals surface area contributed by atoms with Crippen LogP contribution in [0.25, 0.3) is 0 Å². The summed E-state index contributed by atoms with van der Waals surface area (Å²) in [5.74, 6) is -2.22. The van der Waals surface area contributed by atoms with Gasteiger partial charge in [-0.1, -0.05) is 0 Å². The van der Waals surface area contributed by atoms with Gasteiger partial charge < -0.3 is 20.5 Å². The molecule has 1 aromatic heterocycles. The number of nitrogens with one attached hydrogen (secondary N) is 1. The van der Waals surface area contributed by atoms with Crippen molar-refractivity contribution in [3.8, 4) is 0 Å². The lowest BCUT2D eigenvalue weighted by molar-refractivity contribution is -0.139. The fraction of sp³-hybridized carbons (Fsp3) is 0.400. The molecule has 5 N–H and O–H groups in total. The van der Waals surface area contributed by atoms with E-state index in [9.17, 15) is 18.0 Å². The number of hydrogen-bond acceptors (Lipinski definition) is 5. The number of amides is 1. The van der Waals surface area contributed by atoms with Gasteiger partial charge in [0.2, 0.25) is 10.0 Å². The topological polar surface area (TPSA) is 152 Å². The zero-order chi connectivity index (χ0) is 15.5. The van der Waals surface area contributed by atoms with Crippen LogP contribution in [0.2, 0.25) is 0 Å². The van der Waals surface area contributed by atoms with Crippen LogP contribution >= 0.6 is 0 Å². The number of aliphatic carboxylic acids is 1. The molecule has 0 aliphatic rings. The van der Waals surface area contributed by atoms with Crippen molar-refractivity contribution >= 4 is 21.9 Å². The summed E-state index contributed by atoms with van der Waals surface area (Å²) < 4.78 is 27.1. The predicted octanol–water partition coefficient (Wildman–Crippen LogP) is -1.76. The van der Waals surface area contributed by atoms with Crippen molar-refractivity contribution in [1.82, 2.24) is 9.29 Å². The molecule has 10 heteroatoms. The first-order chi connectivity index (χ1) is 9.19. The summed E-state index contributed by atoms with van der Waals surface area (Å²) in [5, 5.41) is 17.6. The Hall–Kier alpha value is -1.91. The number of carbonyl (C=O) groups excluding carboxylic acids is 1. The number of nitrogens with two attached hydrogens (primary N) is 1. The third-order valence-electron chi connectivity index (χ3n) is 2.56. The van der Waals surface area contributed by atoms with Crippen molar-refractivity contribution in [2.24, 2.45) is 12.8 Å². The number of aromatic nitrogens is 1. The first-order valence-electron chi connectivity index (χ1n) is 5.51. The average Bonchev–Trinajstić information content (AvgIpc) is 2.71. The molecule has 1 rings (SSSR count). The van der Waals surface area contributed by atoms with E-state index in [1.165, 1.54) is 11.6 Å². The number of carbonyl (C=O) groups is 2. The Morgan fingerprint density at radius 1 is 1.50 bits per heavy atom. The third-order valence-corrected chi connectivity index (χ3v) is 3.99. The summed E-state index contributed by atoms with van der Waals surface area (Å²) in [6, 6.07) is -0.412. The van der Waals surface area contributed by atoms with Gasteiger partial charge in [0.05, 0.1) is 0 Å². The maximum absolute atomic E-state index is 12.0. The second kappa shape index (κ2) is 6.03. The highest BCUT2D eigenvalue weighted by Gasteiger charge is 2.26. The summed E-state index contributed by atoms with van der Waals surface area (Å²) in [7, 11) is -2.70. The van der Waals surface area contributed by atoms with Crippen LogP contribution < -0.4 is 10.5 Å². The molecule has 1 heterocycles. The van der Waals surface area contributed by atoms with E-state index in [2.05, 4.69) is 0 Å². The Labute approximate surface area is 115 Å². The molecule has 1 aromatic rings. The van der Waals surface area contributed by atoms with E-state index < -0.39 is 34.5 Å². The third kappa shape index (κ3) is 3.56. The first kappa shape index (κ1) is 16.1. The number of rotatable bonds is 7. The SMILES string of the molecule is Cn1cc(S(=O)(=O)N[C@@H](CCO)C(=O)O)cc1C(N)=O. The fourth-order valence-electron chi connectivity index (χ4n) is 1.54. The molecular formula is C10H15N3O6S. The van der Waals surface area contributed by atoms with Gasteiger partial charge in [0.1, 0.15) is 16.6 Å². The molecule has 1 atom stereocenters. The predicted molar refractivity (Wildman–Crippen MR) is 67.4 cm³/mol. The van der Waals surface area contributed by atoms with Gasteiger partial charge in [-0.3, -0.25) is 9.59 Å². The quantitative estimate of drug-likeness (QED) is 0.468. The van der Waals surface area contributed by atoms with E-state index >= 15 is 0 Å². The van der Waals surface area contributed by atoms with E-state index in [0.29, 0.717) is 0 Å². The fourth-order valence-corrected chi connectivity index (χ4v) is 2.84. The molecule has 0 saturated heterocycles. The molecule has 1 amide bonds. The summed E-state index contributed by atoms with van der Waals surface area (Å²) in [6.07, 6.45) is 0.865. The van der Waals surface area contributed by atoms with Crippen LogP contribution in [0.15, 0.2) is 17.2 Å². The molecular weight excluding hydrogens is 290 g/mol. The van der Waals surface area contributed by atoms with Gasteiger partial charge in [-0.25, -0.2) is 8.42 Å². The monoisotopic (exact) mass is 305 g/mol. The molecule has 0 fully saturated rings. The Balaban J connectivity index is 3.07. The molecule has 0 unspecified atom stereocenters. The number of carboxylic acid groups (broad SMARTS) is 1. The molecule has 0 aliphatic heterocycles. The first-order valence-corrected chi connectivity index (χ1v) is 6.99. The van der Waals surface area contributed by atoms with Gasteiger partial charge in [0.15, 0.2) is 0 Å². The van der Waals surface area contributed by atoms with Crippen molar-refractivity contribution in [3.05, 3.63) is 18.0 Å². The van der Waals surface area contributed by atoms with Crippen LogP contribution in [0.4, 0.5) is 0 Å². The lowest BCUT2D eigenvalue weighted by Crippen LogP contribution is -2.41. The van der Waals surface area contributed by atoms with Crippen molar-refractivity contribution in [1.29, 1.82) is 0 Å². The highest BCUT2D eigenvalue weighted by atomic mass is 32.2. The van der Waals surface area contributed by atoms with Crippen LogP contribution in [0.3, 0.4) is 0 Å². The molecule has 0 radical (unpaired) electrons. The number of primary amides is 1. The Morgan fingerprint density at radius 3 is 2.50 bits per heavy atom. The number of aliphatic hydroxyl groups excluding tert-OH is 1. The van der Waals surface area contributed by atoms with Crippen LogP contribution in [0, 0.1) is 0 Å². The summed E-state index contributed by atoms with van der Waals surface area (Å²) in [6.45, 7) is -0.485. The number of hydrogen-bond donors (Lipinski definition) is 4. The normalized spacial score (nSPS) is 13.1. The molecule has 0 bridgehead atoms. The van der Waals surface area contributed by atoms with E-state index in [-0.39, 0.29) is 17.0 Å². The second-order valence-electron chi connectivity index (χ2n) is 4.06. The maximum Gasteiger partial charge on any atom is 0.321 e. The van der Waals surface area contributed by atoms with Crippen molar-refractivity contribution in [2.75, 3.05) is 6.61 Å². The lowest BCUT2D eigenvalue weighted by Gasteiger charge is -2.12. The van der Waals surface area contributed by atoms with Crippen LogP contribution in [-0.4, -0.2) is 47.7 Å². The highest BCUT2D eigenvalue weighted by Crippen LogP contribution is 2.14. The molecule has 112 valence electrons. The van der Waals surface area contributed by atoms with Crippen molar-refractivity contribution in [3.63, 3.8) is 0 Å². The number of aryl methyl sites for hydroxylation is 1. The van der Waals surface area contributed by atoms with Gasteiger partial charge in [0, 0.05) is 19.9 Å². The molecule has 20 heavy (non-hydrogen) atoms. The zero-order valence-electron chi connectivity index (χ0n) is 10.6. The van der Waals surface area contributed by atoms with Gasteiger partial charge in [-0.15, -0.1) is 0 Å². The van der Waals surface area contributed by atoms with Gasteiger partial charge in [0.25, 0.3) is 5.91 Å². The van der Waals surface area contributed by atoms with Crippen LogP contribution in [0.5, 0.6) is 0 Å². The summed E-state index contributed by atoms with van der Waals surface area (Å²) >= 11 is 0. The molecule has 0 aliphatic carbocycles. The molecule has 9 nitrogen and oxygen atoms in total. The van der Waals surface area contributed by atoms with Gasteiger partial charge >= 0.3 is 5.97 Å². The van der Waals surface area contributed by atoms with Crippen LogP contribution in [0.1, 0.15) is 16.9 Å². The van der Waals surface area contributed by atoms with E-state index in [0.717, 1.165) is 12.3 Å². The van der Waals surface area contributed by atoms with Crippen molar-refractivity contribution in [2.45, 2.75) is 17.4 Å². The van der Waals surface area contributed by atoms with Crippen LogP contribution in [-0.2, 0) is 21.9 Å². The van der Waals surface area contributed by atoms with E-state index in [1.54, 1.807) is 0 Å². The Morgan fingerprint density at radius 2 is 2.10 bits per heavy atom. The number of nitrogens with zero attached hydrogens (tertiary/aromatic N) is 1. The average molecular weight is 305 g/mol. The van der Waals surface area contributed by atoms with Crippen molar-refractivity contribution < 1.29 is 28.2 Å². The smallest absolute Gasteiger partial charge is 0.321 e. The minimum absolute atomic E-state index is 0.0283. The summed E-state index contributed by atoms with van der Waals surface area (Å²) in [4.78, 5) is 21.6. The molecule has 0 saturated carbocycles. The standard InChI is InChI=1S/C10H15N3O6S/c1-13-5-6(4-8(13)9(11)15)20(18,19)12-7(2-3-14)10(16)17/h4-5,7,12,14H,2-3H2,1H3,(H2,11,15)(H,16,17)/t7-/m0/s1. The largest absolute Gasteiger partial charge is 0.480 e. The Kier molecular flexibility index (Phi) is 4.87. The van der Waals surface area contributed by atoms with Gasteiger partial charge in [-0.05, 0) is 12.5 Å². The summed E-state index contributed by atoms with van der Waals surface area (Å²) in [5.41, 5.74) is 5.04. The minimum atomic E-state index is -4.13. The molecule has 0 aromatic carbocycles. The maximum atomic E-state index is 12.0. The van der Waals surface area contributed by atoms with Gasteiger partial charge in [-0.2, -0.15) is 4.72 Å². The number of carboxylic acids is 1. The van der Waals surface area contributed by atoms with E-state index in [4.69, 9.17) is 15.9 Å². The van der Waals surface area contributed by atoms with E-state index in [1.807, 2.05) is 4.72 Å². The Bertz CT molecular complexity index is 621. The highest BCUT2D eigenvalue weighted by molar-refractivity contribution is 7.89.